The minimum absolute atomic E-state index is 0.0689. The number of hydrogen-bond acceptors (Lipinski definition) is 4. The highest BCUT2D eigenvalue weighted by Gasteiger charge is 2.13. The summed E-state index contributed by atoms with van der Waals surface area (Å²) in [5, 5.41) is 12.7. The van der Waals surface area contributed by atoms with Gasteiger partial charge in [0, 0.05) is 11.1 Å². The first-order chi connectivity index (χ1) is 11.1. The molecule has 0 amide bonds. The Kier molecular flexibility index (Phi) is 4.96. The molecule has 1 atom stereocenters. The second-order valence-corrected chi connectivity index (χ2v) is 5.92. The Morgan fingerprint density at radius 1 is 1.00 bits per heavy atom. The van der Waals surface area contributed by atoms with E-state index in [1.165, 1.54) is 0 Å². The molecule has 0 aliphatic carbocycles. The molecule has 0 saturated heterocycles. The molecule has 118 valence electrons. The highest BCUT2D eigenvalue weighted by molar-refractivity contribution is 6.33. The second-order valence-electron chi connectivity index (χ2n) is 5.10. The molecule has 4 nitrogen and oxygen atoms in total. The SMILES string of the molecule is CC(NCc1nnc(-c2ccccc2Cl)o1)c1ccccc1Cl. The third kappa shape index (κ3) is 3.72. The van der Waals surface area contributed by atoms with Crippen LogP contribution in [0.5, 0.6) is 0 Å². The summed E-state index contributed by atoms with van der Waals surface area (Å²) >= 11 is 12.3. The quantitative estimate of drug-likeness (QED) is 0.713. The molecule has 1 N–H and O–H groups in total. The minimum Gasteiger partial charge on any atom is -0.419 e. The molecule has 0 bridgehead atoms. The number of benzene rings is 2. The zero-order valence-electron chi connectivity index (χ0n) is 12.5. The molecular weight excluding hydrogens is 333 g/mol. The van der Waals surface area contributed by atoms with E-state index >= 15 is 0 Å². The Balaban J connectivity index is 1.68. The molecule has 0 radical (unpaired) electrons. The van der Waals surface area contributed by atoms with Gasteiger partial charge in [-0.2, -0.15) is 0 Å². The first-order valence-electron chi connectivity index (χ1n) is 7.20. The van der Waals surface area contributed by atoms with Crippen LogP contribution in [0.2, 0.25) is 10.0 Å². The van der Waals surface area contributed by atoms with E-state index in [9.17, 15) is 0 Å². The second kappa shape index (κ2) is 7.13. The normalized spacial score (nSPS) is 12.3. The van der Waals surface area contributed by atoms with Crippen LogP contribution in [0.1, 0.15) is 24.4 Å². The summed E-state index contributed by atoms with van der Waals surface area (Å²) in [6.07, 6.45) is 0. The van der Waals surface area contributed by atoms with Crippen molar-refractivity contribution in [2.24, 2.45) is 0 Å². The van der Waals surface area contributed by atoms with Crippen LogP contribution in [0.4, 0.5) is 0 Å². The van der Waals surface area contributed by atoms with Crippen molar-refractivity contribution in [3.05, 3.63) is 70.0 Å². The summed E-state index contributed by atoms with van der Waals surface area (Å²) in [6.45, 7) is 2.48. The fourth-order valence-electron chi connectivity index (χ4n) is 2.25. The van der Waals surface area contributed by atoms with Gasteiger partial charge in [0.2, 0.25) is 11.8 Å². The number of rotatable bonds is 5. The van der Waals surface area contributed by atoms with Crippen LogP contribution in [0.25, 0.3) is 11.5 Å². The van der Waals surface area contributed by atoms with Crippen molar-refractivity contribution in [3.63, 3.8) is 0 Å². The predicted molar refractivity (Wildman–Crippen MR) is 91.5 cm³/mol. The van der Waals surface area contributed by atoms with Gasteiger partial charge in [0.25, 0.3) is 0 Å². The number of nitrogens with one attached hydrogen (secondary N) is 1. The lowest BCUT2D eigenvalue weighted by Crippen LogP contribution is -2.18. The molecule has 6 heteroatoms. The van der Waals surface area contributed by atoms with Crippen molar-refractivity contribution in [2.45, 2.75) is 19.5 Å². The van der Waals surface area contributed by atoms with Crippen LogP contribution in [0, 0.1) is 0 Å². The molecule has 0 aliphatic heterocycles. The van der Waals surface area contributed by atoms with Gasteiger partial charge in [-0.15, -0.1) is 10.2 Å². The zero-order valence-corrected chi connectivity index (χ0v) is 14.0. The molecule has 3 rings (SSSR count). The van der Waals surface area contributed by atoms with E-state index in [0.717, 1.165) is 16.1 Å². The summed E-state index contributed by atoms with van der Waals surface area (Å²) in [5.74, 6) is 0.914. The number of nitrogens with zero attached hydrogens (tertiary/aromatic N) is 2. The van der Waals surface area contributed by atoms with Crippen LogP contribution in [-0.2, 0) is 6.54 Å². The van der Waals surface area contributed by atoms with Crippen LogP contribution in [0.15, 0.2) is 52.9 Å². The molecule has 1 aromatic heterocycles. The first kappa shape index (κ1) is 16.0. The lowest BCUT2D eigenvalue weighted by atomic mass is 10.1. The Morgan fingerprint density at radius 3 is 2.43 bits per heavy atom. The summed E-state index contributed by atoms with van der Waals surface area (Å²) in [7, 11) is 0. The maximum Gasteiger partial charge on any atom is 0.249 e. The van der Waals surface area contributed by atoms with E-state index in [2.05, 4.69) is 15.5 Å². The van der Waals surface area contributed by atoms with Gasteiger partial charge in [-0.3, -0.25) is 0 Å². The fourth-order valence-corrected chi connectivity index (χ4v) is 2.76. The fraction of sp³-hybridized carbons (Fsp3) is 0.176. The molecule has 1 unspecified atom stereocenters. The zero-order chi connectivity index (χ0) is 16.2. The van der Waals surface area contributed by atoms with Crippen LogP contribution in [0.3, 0.4) is 0 Å². The molecule has 0 spiro atoms. The van der Waals surface area contributed by atoms with Gasteiger partial charge in [-0.05, 0) is 30.7 Å². The van der Waals surface area contributed by atoms with Crippen molar-refractivity contribution in [1.29, 1.82) is 0 Å². The molecular formula is C17H15Cl2N3O. The monoisotopic (exact) mass is 347 g/mol. The maximum atomic E-state index is 6.20. The first-order valence-corrected chi connectivity index (χ1v) is 7.96. The Morgan fingerprint density at radius 2 is 1.70 bits per heavy atom. The number of hydrogen-bond donors (Lipinski definition) is 1. The van der Waals surface area contributed by atoms with E-state index in [4.69, 9.17) is 27.6 Å². The lowest BCUT2D eigenvalue weighted by molar-refractivity contribution is 0.454. The van der Waals surface area contributed by atoms with E-state index in [0.29, 0.717) is 23.3 Å². The van der Waals surface area contributed by atoms with Crippen molar-refractivity contribution in [3.8, 4) is 11.5 Å². The van der Waals surface area contributed by atoms with Gasteiger partial charge in [0.05, 0.1) is 17.1 Å². The van der Waals surface area contributed by atoms with E-state index < -0.39 is 0 Å². The molecule has 1 heterocycles. The number of halogens is 2. The minimum atomic E-state index is 0.0689. The standard InChI is InChI=1S/C17H15Cl2N3O/c1-11(12-6-2-4-8-14(12)18)20-10-16-21-22-17(23-16)13-7-3-5-9-15(13)19/h2-9,11,20H,10H2,1H3. The molecule has 3 aromatic rings. The van der Waals surface area contributed by atoms with Crippen molar-refractivity contribution in [2.75, 3.05) is 0 Å². The molecule has 0 fully saturated rings. The van der Waals surface area contributed by atoms with Crippen LogP contribution in [-0.4, -0.2) is 10.2 Å². The lowest BCUT2D eigenvalue weighted by Gasteiger charge is -2.14. The topological polar surface area (TPSA) is 51.0 Å². The molecule has 2 aromatic carbocycles. The molecule has 23 heavy (non-hydrogen) atoms. The van der Waals surface area contributed by atoms with Gasteiger partial charge in [-0.1, -0.05) is 53.5 Å². The summed E-state index contributed by atoms with van der Waals surface area (Å²) in [5.41, 5.74) is 1.76. The highest BCUT2D eigenvalue weighted by Crippen LogP contribution is 2.26. The van der Waals surface area contributed by atoms with E-state index in [1.807, 2.05) is 49.4 Å². The maximum absolute atomic E-state index is 6.20. The molecule has 0 saturated carbocycles. The van der Waals surface area contributed by atoms with Crippen LogP contribution >= 0.6 is 23.2 Å². The highest BCUT2D eigenvalue weighted by atomic mass is 35.5. The Hall–Kier alpha value is -1.88. The predicted octanol–water partition coefficient (Wildman–Crippen LogP) is 4.89. The van der Waals surface area contributed by atoms with Gasteiger partial charge < -0.3 is 9.73 Å². The number of aromatic nitrogens is 2. The van der Waals surface area contributed by atoms with Crippen molar-refractivity contribution in [1.82, 2.24) is 15.5 Å². The van der Waals surface area contributed by atoms with Gasteiger partial charge in [-0.25, -0.2) is 0 Å². The van der Waals surface area contributed by atoms with E-state index in [-0.39, 0.29) is 6.04 Å². The smallest absolute Gasteiger partial charge is 0.249 e. The Bertz CT molecular complexity index is 804. The van der Waals surface area contributed by atoms with Crippen LogP contribution < -0.4 is 5.32 Å². The largest absolute Gasteiger partial charge is 0.419 e. The third-order valence-electron chi connectivity index (χ3n) is 3.50. The average Bonchev–Trinajstić information content (AvgIpc) is 3.02. The van der Waals surface area contributed by atoms with E-state index in [1.54, 1.807) is 6.07 Å². The van der Waals surface area contributed by atoms with Crippen molar-refractivity contribution < 1.29 is 4.42 Å². The van der Waals surface area contributed by atoms with Gasteiger partial charge in [0.1, 0.15) is 0 Å². The summed E-state index contributed by atoms with van der Waals surface area (Å²) in [4.78, 5) is 0. The molecule has 0 aliphatic rings. The third-order valence-corrected chi connectivity index (χ3v) is 4.18. The summed E-state index contributed by atoms with van der Waals surface area (Å²) in [6, 6.07) is 15.2. The van der Waals surface area contributed by atoms with Crippen molar-refractivity contribution >= 4 is 23.2 Å². The Labute approximate surface area is 144 Å². The summed E-state index contributed by atoms with van der Waals surface area (Å²) < 4.78 is 5.66. The average molecular weight is 348 g/mol. The van der Waals surface area contributed by atoms with Gasteiger partial charge in [0.15, 0.2) is 0 Å². The van der Waals surface area contributed by atoms with Gasteiger partial charge >= 0.3 is 0 Å².